The SMILES string of the molecule is CC(C)(NC(=O)[C@@H]1CC[C@H](C(=O)O)C1)c1nccs1. The second-order valence-electron chi connectivity index (χ2n) is 5.50. The van der Waals surface area contributed by atoms with Crippen molar-refractivity contribution in [2.75, 3.05) is 0 Å². The van der Waals surface area contributed by atoms with E-state index in [4.69, 9.17) is 5.11 Å². The van der Waals surface area contributed by atoms with E-state index in [2.05, 4.69) is 10.3 Å². The fourth-order valence-electron chi connectivity index (χ4n) is 2.44. The minimum Gasteiger partial charge on any atom is -0.481 e. The minimum atomic E-state index is -0.797. The van der Waals surface area contributed by atoms with Gasteiger partial charge in [0.15, 0.2) is 0 Å². The highest BCUT2D eigenvalue weighted by molar-refractivity contribution is 7.09. The average molecular weight is 282 g/mol. The van der Waals surface area contributed by atoms with E-state index in [1.165, 1.54) is 11.3 Å². The highest BCUT2D eigenvalue weighted by Gasteiger charge is 2.36. The molecule has 5 nitrogen and oxygen atoms in total. The van der Waals surface area contributed by atoms with Crippen LogP contribution in [0.1, 0.15) is 38.1 Å². The molecule has 0 bridgehead atoms. The summed E-state index contributed by atoms with van der Waals surface area (Å²) in [5.41, 5.74) is -0.507. The van der Waals surface area contributed by atoms with Gasteiger partial charge in [-0.15, -0.1) is 11.3 Å². The topological polar surface area (TPSA) is 79.3 Å². The third-order valence-electron chi connectivity index (χ3n) is 3.56. The number of thiazole rings is 1. The first-order chi connectivity index (χ1) is 8.90. The van der Waals surface area contributed by atoms with Crippen molar-refractivity contribution in [3.8, 4) is 0 Å². The van der Waals surface area contributed by atoms with Crippen LogP contribution < -0.4 is 5.32 Å². The van der Waals surface area contributed by atoms with Crippen molar-refractivity contribution in [1.82, 2.24) is 10.3 Å². The standard InChI is InChI=1S/C13H18N2O3S/c1-13(2,12-14-5-6-19-12)15-10(16)8-3-4-9(7-8)11(17)18/h5-6,8-9H,3-4,7H2,1-2H3,(H,15,16)(H,17,18)/t8-,9+/m1/s1. The Morgan fingerprint density at radius 1 is 1.42 bits per heavy atom. The molecule has 1 heterocycles. The molecule has 0 aromatic carbocycles. The van der Waals surface area contributed by atoms with E-state index in [0.717, 1.165) is 5.01 Å². The van der Waals surface area contributed by atoms with E-state index in [1.54, 1.807) is 6.20 Å². The monoisotopic (exact) mass is 282 g/mol. The highest BCUT2D eigenvalue weighted by atomic mass is 32.1. The van der Waals surface area contributed by atoms with Gasteiger partial charge in [0.1, 0.15) is 5.01 Å². The summed E-state index contributed by atoms with van der Waals surface area (Å²) in [6, 6.07) is 0. The van der Waals surface area contributed by atoms with Crippen LogP contribution in [0.15, 0.2) is 11.6 Å². The molecule has 0 saturated heterocycles. The molecule has 1 saturated carbocycles. The Hall–Kier alpha value is -1.43. The maximum Gasteiger partial charge on any atom is 0.306 e. The predicted molar refractivity (Wildman–Crippen MR) is 71.7 cm³/mol. The van der Waals surface area contributed by atoms with Crippen LogP contribution in [0.3, 0.4) is 0 Å². The van der Waals surface area contributed by atoms with Gasteiger partial charge >= 0.3 is 5.97 Å². The molecule has 0 radical (unpaired) electrons. The lowest BCUT2D eigenvalue weighted by Gasteiger charge is -2.25. The maximum atomic E-state index is 12.2. The summed E-state index contributed by atoms with van der Waals surface area (Å²) >= 11 is 1.50. The number of nitrogens with zero attached hydrogens (tertiary/aromatic N) is 1. The molecular weight excluding hydrogens is 264 g/mol. The van der Waals surface area contributed by atoms with Gasteiger partial charge in [0.2, 0.25) is 5.91 Å². The molecular formula is C13H18N2O3S. The van der Waals surface area contributed by atoms with E-state index in [9.17, 15) is 9.59 Å². The van der Waals surface area contributed by atoms with E-state index in [-0.39, 0.29) is 17.7 Å². The number of rotatable bonds is 4. The Labute approximate surface area is 116 Å². The Kier molecular flexibility index (Phi) is 3.89. The number of carbonyl (C=O) groups is 2. The summed E-state index contributed by atoms with van der Waals surface area (Å²) in [5, 5.41) is 14.7. The minimum absolute atomic E-state index is 0.0658. The Morgan fingerprint density at radius 3 is 2.63 bits per heavy atom. The zero-order chi connectivity index (χ0) is 14.0. The van der Waals surface area contributed by atoms with Gasteiger partial charge in [-0.05, 0) is 33.1 Å². The number of amides is 1. The van der Waals surface area contributed by atoms with E-state index >= 15 is 0 Å². The average Bonchev–Trinajstić information content (AvgIpc) is 3.00. The van der Waals surface area contributed by atoms with Crippen molar-refractivity contribution < 1.29 is 14.7 Å². The highest BCUT2D eigenvalue weighted by Crippen LogP contribution is 2.32. The molecule has 2 N–H and O–H groups in total. The van der Waals surface area contributed by atoms with Crippen LogP contribution in [0, 0.1) is 11.8 Å². The largest absolute Gasteiger partial charge is 0.481 e. The molecule has 0 aliphatic heterocycles. The molecule has 2 rings (SSSR count). The van der Waals surface area contributed by atoms with Crippen LogP contribution in [-0.2, 0) is 15.1 Å². The number of aliphatic carboxylic acids is 1. The van der Waals surface area contributed by atoms with Crippen molar-refractivity contribution in [1.29, 1.82) is 0 Å². The summed E-state index contributed by atoms with van der Waals surface area (Å²) < 4.78 is 0. The zero-order valence-corrected chi connectivity index (χ0v) is 11.9. The number of carboxylic acid groups (broad SMARTS) is 1. The summed E-state index contributed by atoms with van der Waals surface area (Å²) in [4.78, 5) is 27.3. The maximum absolute atomic E-state index is 12.2. The van der Waals surface area contributed by atoms with Gasteiger partial charge in [-0.25, -0.2) is 4.98 Å². The molecule has 1 aliphatic rings. The molecule has 1 fully saturated rings. The number of carbonyl (C=O) groups excluding carboxylic acids is 1. The van der Waals surface area contributed by atoms with Crippen molar-refractivity contribution in [2.24, 2.45) is 11.8 Å². The van der Waals surface area contributed by atoms with Gasteiger partial charge in [-0.3, -0.25) is 9.59 Å². The van der Waals surface area contributed by atoms with Gasteiger partial charge in [-0.2, -0.15) is 0 Å². The van der Waals surface area contributed by atoms with Crippen LogP contribution >= 0.6 is 11.3 Å². The quantitative estimate of drug-likeness (QED) is 0.885. The van der Waals surface area contributed by atoms with Crippen LogP contribution in [0.2, 0.25) is 0 Å². The first-order valence-electron chi connectivity index (χ1n) is 6.35. The molecule has 0 unspecified atom stereocenters. The van der Waals surface area contributed by atoms with Crippen molar-refractivity contribution in [2.45, 2.75) is 38.6 Å². The lowest BCUT2D eigenvalue weighted by Crippen LogP contribution is -2.43. The lowest BCUT2D eigenvalue weighted by atomic mass is 10.0. The number of nitrogens with one attached hydrogen (secondary N) is 1. The first-order valence-corrected chi connectivity index (χ1v) is 7.23. The van der Waals surface area contributed by atoms with Crippen LogP contribution in [0.5, 0.6) is 0 Å². The zero-order valence-electron chi connectivity index (χ0n) is 11.0. The predicted octanol–water partition coefficient (Wildman–Crippen LogP) is 2.00. The van der Waals surface area contributed by atoms with Crippen LogP contribution in [0.4, 0.5) is 0 Å². The molecule has 2 atom stereocenters. The van der Waals surface area contributed by atoms with Crippen LogP contribution in [0.25, 0.3) is 0 Å². The van der Waals surface area contributed by atoms with Gasteiger partial charge in [-0.1, -0.05) is 0 Å². The molecule has 0 spiro atoms. The second-order valence-corrected chi connectivity index (χ2v) is 6.39. The first kappa shape index (κ1) is 14.0. The fraction of sp³-hybridized carbons (Fsp3) is 0.615. The van der Waals surface area contributed by atoms with E-state index < -0.39 is 11.5 Å². The Morgan fingerprint density at radius 2 is 2.11 bits per heavy atom. The van der Waals surface area contributed by atoms with Gasteiger partial charge in [0, 0.05) is 17.5 Å². The van der Waals surface area contributed by atoms with Gasteiger partial charge in [0.25, 0.3) is 0 Å². The summed E-state index contributed by atoms with van der Waals surface area (Å²) in [6.07, 6.45) is 3.39. The smallest absolute Gasteiger partial charge is 0.306 e. The third-order valence-corrected chi connectivity index (χ3v) is 4.65. The fourth-order valence-corrected chi connectivity index (χ4v) is 3.16. The number of carboxylic acids is 1. The molecule has 6 heteroatoms. The third kappa shape index (κ3) is 3.12. The van der Waals surface area contributed by atoms with Gasteiger partial charge in [0.05, 0.1) is 11.5 Å². The van der Waals surface area contributed by atoms with E-state index in [1.807, 2.05) is 19.2 Å². The van der Waals surface area contributed by atoms with Crippen LogP contribution in [-0.4, -0.2) is 22.0 Å². The van der Waals surface area contributed by atoms with Crippen molar-refractivity contribution in [3.63, 3.8) is 0 Å². The number of hydrogen-bond donors (Lipinski definition) is 2. The van der Waals surface area contributed by atoms with Gasteiger partial charge < -0.3 is 10.4 Å². The summed E-state index contributed by atoms with van der Waals surface area (Å²) in [6.45, 7) is 3.82. The molecule has 1 amide bonds. The second kappa shape index (κ2) is 5.28. The molecule has 1 aromatic rings. The summed E-state index contributed by atoms with van der Waals surface area (Å²) in [7, 11) is 0. The molecule has 1 aromatic heterocycles. The Balaban J connectivity index is 1.97. The summed E-state index contributed by atoms with van der Waals surface area (Å²) in [5.74, 6) is -1.43. The molecule has 104 valence electrons. The molecule has 19 heavy (non-hydrogen) atoms. The van der Waals surface area contributed by atoms with Crippen molar-refractivity contribution >= 4 is 23.2 Å². The molecule has 1 aliphatic carbocycles. The van der Waals surface area contributed by atoms with E-state index in [0.29, 0.717) is 19.3 Å². The Bertz CT molecular complexity index is 470. The number of hydrogen-bond acceptors (Lipinski definition) is 4. The lowest BCUT2D eigenvalue weighted by molar-refractivity contribution is -0.141. The normalized spacial score (nSPS) is 23.3. The number of aromatic nitrogens is 1. The van der Waals surface area contributed by atoms with Crippen molar-refractivity contribution in [3.05, 3.63) is 16.6 Å².